The molecule has 0 rings (SSSR count). The Balaban J connectivity index is 0. The Kier molecular flexibility index (Phi) is 7.88. The second-order valence-electron chi connectivity index (χ2n) is 2.42. The SMILES string of the molecule is CC(C)CNCC(=O)O.[N]. The van der Waals surface area contributed by atoms with Crippen LogP contribution in [0.1, 0.15) is 13.8 Å². The van der Waals surface area contributed by atoms with Gasteiger partial charge >= 0.3 is 5.97 Å². The van der Waals surface area contributed by atoms with E-state index in [9.17, 15) is 4.79 Å². The van der Waals surface area contributed by atoms with Crippen LogP contribution in [0.15, 0.2) is 0 Å². The van der Waals surface area contributed by atoms with E-state index in [-0.39, 0.29) is 12.7 Å². The zero-order valence-electron chi connectivity index (χ0n) is 6.29. The van der Waals surface area contributed by atoms with Gasteiger partial charge in [-0.1, -0.05) is 13.8 Å². The molecule has 0 aliphatic carbocycles. The maximum Gasteiger partial charge on any atom is 0.317 e. The molecule has 0 unspecified atom stereocenters. The monoisotopic (exact) mass is 145 g/mol. The molecule has 0 saturated carbocycles. The van der Waals surface area contributed by atoms with E-state index >= 15 is 0 Å². The van der Waals surface area contributed by atoms with Crippen LogP contribution in [0, 0.1) is 5.92 Å². The van der Waals surface area contributed by atoms with Gasteiger partial charge in [-0.25, -0.2) is 0 Å². The zero-order chi connectivity index (χ0) is 7.28. The Bertz CT molecular complexity index is 93.7. The van der Waals surface area contributed by atoms with Gasteiger partial charge in [0.1, 0.15) is 0 Å². The fourth-order valence-corrected chi connectivity index (χ4v) is 0.468. The number of carbonyl (C=O) groups is 1. The second-order valence-corrected chi connectivity index (χ2v) is 2.42. The fourth-order valence-electron chi connectivity index (χ4n) is 0.468. The van der Waals surface area contributed by atoms with Crippen LogP contribution in [-0.4, -0.2) is 24.2 Å². The highest BCUT2D eigenvalue weighted by molar-refractivity contribution is 5.68. The Morgan fingerprint density at radius 2 is 2.10 bits per heavy atom. The minimum absolute atomic E-state index is 0. The highest BCUT2D eigenvalue weighted by Gasteiger charge is 1.95. The van der Waals surface area contributed by atoms with Crippen molar-refractivity contribution in [2.24, 2.45) is 5.92 Å². The van der Waals surface area contributed by atoms with E-state index in [1.54, 1.807) is 0 Å². The van der Waals surface area contributed by atoms with Gasteiger partial charge in [-0.3, -0.25) is 4.79 Å². The van der Waals surface area contributed by atoms with Crippen LogP contribution in [0.2, 0.25) is 0 Å². The van der Waals surface area contributed by atoms with Crippen LogP contribution in [0.25, 0.3) is 0 Å². The molecule has 0 bridgehead atoms. The summed E-state index contributed by atoms with van der Waals surface area (Å²) in [6.45, 7) is 4.91. The Morgan fingerprint density at radius 3 is 2.40 bits per heavy atom. The molecule has 0 atom stereocenters. The van der Waals surface area contributed by atoms with Gasteiger partial charge in [0.2, 0.25) is 0 Å². The third-order valence-corrected chi connectivity index (χ3v) is 0.829. The van der Waals surface area contributed by atoms with Crippen molar-refractivity contribution in [3.05, 3.63) is 0 Å². The van der Waals surface area contributed by atoms with Gasteiger partial charge in [-0.05, 0) is 12.5 Å². The molecule has 3 radical (unpaired) electrons. The first-order valence-electron chi connectivity index (χ1n) is 3.05. The summed E-state index contributed by atoms with van der Waals surface area (Å²) in [4.78, 5) is 9.92. The predicted molar refractivity (Wildman–Crippen MR) is 37.5 cm³/mol. The van der Waals surface area contributed by atoms with Gasteiger partial charge in [0, 0.05) is 6.15 Å². The first-order valence-corrected chi connectivity index (χ1v) is 3.05. The highest BCUT2D eigenvalue weighted by Crippen LogP contribution is 1.85. The van der Waals surface area contributed by atoms with Crippen LogP contribution in [0.3, 0.4) is 0 Å². The average Bonchev–Trinajstić information content (AvgIpc) is 1.63. The van der Waals surface area contributed by atoms with Crippen molar-refractivity contribution in [1.82, 2.24) is 11.5 Å². The lowest BCUT2D eigenvalue weighted by atomic mass is 10.2. The van der Waals surface area contributed by atoms with Crippen LogP contribution in [-0.2, 0) is 4.79 Å². The van der Waals surface area contributed by atoms with E-state index in [1.807, 2.05) is 13.8 Å². The number of hydrogen-bond donors (Lipinski definition) is 2. The summed E-state index contributed by atoms with van der Waals surface area (Å²) in [6.07, 6.45) is 0. The number of hydrogen-bond acceptors (Lipinski definition) is 2. The van der Waals surface area contributed by atoms with Crippen molar-refractivity contribution in [1.29, 1.82) is 0 Å². The molecule has 0 aromatic heterocycles. The van der Waals surface area contributed by atoms with Crippen LogP contribution < -0.4 is 11.5 Å². The lowest BCUT2D eigenvalue weighted by molar-refractivity contribution is -0.135. The van der Waals surface area contributed by atoms with Crippen molar-refractivity contribution >= 4 is 5.97 Å². The summed E-state index contributed by atoms with van der Waals surface area (Å²) >= 11 is 0. The van der Waals surface area contributed by atoms with Crippen LogP contribution in [0.5, 0.6) is 0 Å². The fraction of sp³-hybridized carbons (Fsp3) is 0.833. The van der Waals surface area contributed by atoms with Crippen LogP contribution in [0.4, 0.5) is 0 Å². The molecular weight excluding hydrogens is 132 g/mol. The summed E-state index contributed by atoms with van der Waals surface area (Å²) in [6, 6.07) is 0. The summed E-state index contributed by atoms with van der Waals surface area (Å²) in [5.41, 5.74) is 0. The molecule has 0 saturated heterocycles. The molecule has 59 valence electrons. The molecule has 0 fully saturated rings. The molecule has 10 heavy (non-hydrogen) atoms. The molecule has 0 aliphatic heterocycles. The minimum Gasteiger partial charge on any atom is -0.480 e. The first kappa shape index (κ1) is 12.1. The number of rotatable bonds is 4. The zero-order valence-corrected chi connectivity index (χ0v) is 6.29. The van der Waals surface area contributed by atoms with E-state index in [4.69, 9.17) is 5.11 Å². The molecule has 0 amide bonds. The molecule has 4 nitrogen and oxygen atoms in total. The molecule has 0 aliphatic rings. The largest absolute Gasteiger partial charge is 0.480 e. The molecule has 0 heterocycles. The van der Waals surface area contributed by atoms with Gasteiger partial charge in [-0.2, -0.15) is 0 Å². The van der Waals surface area contributed by atoms with E-state index in [1.165, 1.54) is 0 Å². The van der Waals surface area contributed by atoms with E-state index in [0.29, 0.717) is 5.92 Å². The third-order valence-electron chi connectivity index (χ3n) is 0.829. The second kappa shape index (κ2) is 6.51. The number of carboxylic acids is 1. The summed E-state index contributed by atoms with van der Waals surface area (Å²) in [5, 5.41) is 10.9. The van der Waals surface area contributed by atoms with Gasteiger partial charge in [0.05, 0.1) is 6.54 Å². The quantitative estimate of drug-likeness (QED) is 0.576. The van der Waals surface area contributed by atoms with Gasteiger partial charge < -0.3 is 10.4 Å². The topological polar surface area (TPSA) is 79.8 Å². The first-order chi connectivity index (χ1) is 4.13. The predicted octanol–water partition coefficient (Wildman–Crippen LogP) is -0.164. The molecule has 4 heteroatoms. The van der Waals surface area contributed by atoms with E-state index < -0.39 is 5.97 Å². The summed E-state index contributed by atoms with van der Waals surface area (Å²) in [7, 11) is 0. The van der Waals surface area contributed by atoms with E-state index in [0.717, 1.165) is 6.54 Å². The number of aliphatic carboxylic acids is 1. The Hall–Kier alpha value is -0.610. The maximum absolute atomic E-state index is 9.92. The van der Waals surface area contributed by atoms with Crippen molar-refractivity contribution in [2.45, 2.75) is 13.8 Å². The molecule has 0 aromatic rings. The van der Waals surface area contributed by atoms with Crippen LogP contribution >= 0.6 is 0 Å². The minimum atomic E-state index is -0.796. The summed E-state index contributed by atoms with van der Waals surface area (Å²) in [5.74, 6) is -0.278. The lowest BCUT2D eigenvalue weighted by Gasteiger charge is -2.02. The van der Waals surface area contributed by atoms with Crippen molar-refractivity contribution in [2.75, 3.05) is 13.1 Å². The number of nitrogens with zero attached hydrogens (tertiary/aromatic N) is 1. The van der Waals surface area contributed by atoms with Gasteiger partial charge in [0.15, 0.2) is 0 Å². The molecule has 0 spiro atoms. The maximum atomic E-state index is 9.92. The smallest absolute Gasteiger partial charge is 0.317 e. The van der Waals surface area contributed by atoms with Gasteiger partial charge in [0.25, 0.3) is 0 Å². The summed E-state index contributed by atoms with van der Waals surface area (Å²) < 4.78 is 0. The molecular formula is C6H13N2O2. The van der Waals surface area contributed by atoms with E-state index in [2.05, 4.69) is 5.32 Å². The average molecular weight is 145 g/mol. The van der Waals surface area contributed by atoms with Crippen molar-refractivity contribution in [3.8, 4) is 0 Å². The van der Waals surface area contributed by atoms with Gasteiger partial charge in [-0.15, -0.1) is 0 Å². The van der Waals surface area contributed by atoms with Crippen molar-refractivity contribution < 1.29 is 9.90 Å². The molecule has 0 aromatic carbocycles. The van der Waals surface area contributed by atoms with Crippen molar-refractivity contribution in [3.63, 3.8) is 0 Å². The number of nitrogens with one attached hydrogen (secondary N) is 1. The standard InChI is InChI=1S/C6H13NO2.N/c1-5(2)3-7-4-6(8)9;/h5,7H,3-4H2,1-2H3,(H,8,9);. The Labute approximate surface area is 61.2 Å². The highest BCUT2D eigenvalue weighted by atomic mass is 16.4. The Morgan fingerprint density at radius 1 is 1.60 bits per heavy atom. The number of carboxylic acid groups (broad SMARTS) is 1. The normalized spacial score (nSPS) is 9.10. The third kappa shape index (κ3) is 10.4. The molecule has 2 N–H and O–H groups in total. The lowest BCUT2D eigenvalue weighted by Crippen LogP contribution is -2.26.